The second kappa shape index (κ2) is 6.49. The number of para-hydroxylation sites is 1. The molecule has 0 aliphatic carbocycles. The molecule has 0 atom stereocenters. The van der Waals surface area contributed by atoms with Crippen LogP contribution in [0.3, 0.4) is 0 Å². The molecule has 0 saturated carbocycles. The Morgan fingerprint density at radius 3 is 2.64 bits per heavy atom. The van der Waals surface area contributed by atoms with Gasteiger partial charge >= 0.3 is 0 Å². The molecule has 0 bridgehead atoms. The number of aromatic nitrogens is 1. The van der Waals surface area contributed by atoms with Crippen LogP contribution in [0.4, 0.5) is 0 Å². The van der Waals surface area contributed by atoms with Crippen molar-refractivity contribution in [2.24, 2.45) is 0 Å². The predicted octanol–water partition coefficient (Wildman–Crippen LogP) is 3.48. The number of phenolic OH excluding ortho intramolecular Hbond substituents is 1. The lowest BCUT2D eigenvalue weighted by atomic mass is 10.2. The van der Waals surface area contributed by atoms with E-state index in [1.165, 1.54) is 0 Å². The van der Waals surface area contributed by atoms with Crippen LogP contribution in [0.15, 0.2) is 57.7 Å². The molecule has 0 amide bonds. The van der Waals surface area contributed by atoms with Gasteiger partial charge < -0.3 is 14.0 Å². The summed E-state index contributed by atoms with van der Waals surface area (Å²) in [5, 5.41) is 14.0. The highest BCUT2D eigenvalue weighted by molar-refractivity contribution is 5.31. The normalized spacial score (nSPS) is 11.2. The average molecular weight is 298 g/mol. The highest BCUT2D eigenvalue weighted by Gasteiger charge is 2.14. The van der Waals surface area contributed by atoms with Gasteiger partial charge in [-0.2, -0.15) is 0 Å². The predicted molar refractivity (Wildman–Crippen MR) is 81.0 cm³/mol. The first-order chi connectivity index (χ1) is 10.7. The first-order valence-electron chi connectivity index (χ1n) is 7.14. The molecule has 3 aromatic rings. The molecular formula is C17H18N2O3. The van der Waals surface area contributed by atoms with Gasteiger partial charge in [0.1, 0.15) is 17.3 Å². The maximum Gasteiger partial charge on any atom is 0.133 e. The molecule has 0 fully saturated rings. The minimum Gasteiger partial charge on any atom is -0.508 e. The quantitative estimate of drug-likeness (QED) is 0.755. The van der Waals surface area contributed by atoms with Crippen LogP contribution in [0, 0.1) is 6.92 Å². The Balaban J connectivity index is 1.77. The highest BCUT2D eigenvalue weighted by atomic mass is 16.5. The molecule has 0 aliphatic heterocycles. The summed E-state index contributed by atoms with van der Waals surface area (Å²) in [6.45, 7) is 3.72. The Kier molecular flexibility index (Phi) is 4.25. The van der Waals surface area contributed by atoms with Crippen molar-refractivity contribution in [1.82, 2.24) is 10.1 Å². The maximum atomic E-state index is 9.97. The van der Waals surface area contributed by atoms with Gasteiger partial charge in [0.25, 0.3) is 0 Å². The molecular weight excluding hydrogens is 280 g/mol. The standard InChI is InChI=1S/C17H18N2O3/c1-13-9-15(18-22-13)11-19(12-16-6-4-8-21-16)10-14-5-2-3-7-17(14)20/h2-9,20H,10-12H2,1H3. The molecule has 1 aromatic carbocycles. The van der Waals surface area contributed by atoms with E-state index in [1.54, 1.807) is 12.3 Å². The van der Waals surface area contributed by atoms with Crippen molar-refractivity contribution in [2.45, 2.75) is 26.6 Å². The van der Waals surface area contributed by atoms with Crippen LogP contribution in [0.25, 0.3) is 0 Å². The van der Waals surface area contributed by atoms with Gasteiger partial charge in [0.05, 0.1) is 18.5 Å². The lowest BCUT2D eigenvalue weighted by molar-refractivity contribution is 0.217. The summed E-state index contributed by atoms with van der Waals surface area (Å²) in [6, 6.07) is 13.1. The van der Waals surface area contributed by atoms with Crippen molar-refractivity contribution in [3.63, 3.8) is 0 Å². The molecule has 0 unspecified atom stereocenters. The fourth-order valence-corrected chi connectivity index (χ4v) is 2.40. The Labute approximate surface area is 128 Å². The number of furan rings is 1. The van der Waals surface area contributed by atoms with Gasteiger partial charge in [0, 0.05) is 24.7 Å². The molecule has 3 rings (SSSR count). The molecule has 1 N–H and O–H groups in total. The van der Waals surface area contributed by atoms with Crippen molar-refractivity contribution < 1.29 is 14.0 Å². The molecule has 2 aromatic heterocycles. The van der Waals surface area contributed by atoms with Gasteiger partial charge in [-0.3, -0.25) is 4.90 Å². The van der Waals surface area contributed by atoms with E-state index >= 15 is 0 Å². The lowest BCUT2D eigenvalue weighted by Gasteiger charge is -2.20. The van der Waals surface area contributed by atoms with Crippen molar-refractivity contribution in [3.05, 3.63) is 71.5 Å². The summed E-state index contributed by atoms with van der Waals surface area (Å²) in [5.41, 5.74) is 1.73. The maximum absolute atomic E-state index is 9.97. The van der Waals surface area contributed by atoms with Crippen LogP contribution in [-0.4, -0.2) is 15.2 Å². The molecule has 0 saturated heterocycles. The third-order valence-corrected chi connectivity index (χ3v) is 3.41. The average Bonchev–Trinajstić information content (AvgIpc) is 3.13. The Morgan fingerprint density at radius 2 is 1.95 bits per heavy atom. The fraction of sp³-hybridized carbons (Fsp3) is 0.235. The zero-order valence-electron chi connectivity index (χ0n) is 12.4. The van der Waals surface area contributed by atoms with Crippen LogP contribution in [-0.2, 0) is 19.6 Å². The molecule has 2 heterocycles. The number of aromatic hydroxyl groups is 1. The smallest absolute Gasteiger partial charge is 0.133 e. The molecule has 22 heavy (non-hydrogen) atoms. The lowest BCUT2D eigenvalue weighted by Crippen LogP contribution is -2.22. The number of hydrogen-bond acceptors (Lipinski definition) is 5. The van der Waals surface area contributed by atoms with Gasteiger partial charge in [-0.1, -0.05) is 23.4 Å². The highest BCUT2D eigenvalue weighted by Crippen LogP contribution is 2.20. The molecule has 5 nitrogen and oxygen atoms in total. The van der Waals surface area contributed by atoms with Crippen LogP contribution in [0.5, 0.6) is 5.75 Å². The van der Waals surface area contributed by atoms with E-state index < -0.39 is 0 Å². The number of aryl methyl sites for hydroxylation is 1. The zero-order chi connectivity index (χ0) is 15.4. The third-order valence-electron chi connectivity index (χ3n) is 3.41. The van der Waals surface area contributed by atoms with E-state index in [0.717, 1.165) is 22.8 Å². The van der Waals surface area contributed by atoms with Gasteiger partial charge in [0.15, 0.2) is 0 Å². The third kappa shape index (κ3) is 3.56. The summed E-state index contributed by atoms with van der Waals surface area (Å²) in [6.07, 6.45) is 1.66. The summed E-state index contributed by atoms with van der Waals surface area (Å²) in [4.78, 5) is 2.14. The SMILES string of the molecule is Cc1cc(CN(Cc2ccco2)Cc2ccccc2O)no1. The minimum absolute atomic E-state index is 0.295. The number of rotatable bonds is 6. The van der Waals surface area contributed by atoms with Crippen LogP contribution >= 0.6 is 0 Å². The number of phenols is 1. The van der Waals surface area contributed by atoms with Gasteiger partial charge in [-0.25, -0.2) is 0 Å². The summed E-state index contributed by atoms with van der Waals surface area (Å²) in [7, 11) is 0. The van der Waals surface area contributed by atoms with Crippen LogP contribution in [0.2, 0.25) is 0 Å². The molecule has 0 spiro atoms. The molecule has 5 heteroatoms. The van der Waals surface area contributed by atoms with Crippen molar-refractivity contribution in [2.75, 3.05) is 0 Å². The number of benzene rings is 1. The summed E-state index contributed by atoms with van der Waals surface area (Å²) in [5.74, 6) is 1.95. The van der Waals surface area contributed by atoms with Crippen molar-refractivity contribution in [1.29, 1.82) is 0 Å². The molecule has 0 aliphatic rings. The molecule has 0 radical (unpaired) electrons. The van der Waals surface area contributed by atoms with E-state index in [0.29, 0.717) is 25.4 Å². The first kappa shape index (κ1) is 14.4. The number of hydrogen-bond donors (Lipinski definition) is 1. The Hall–Kier alpha value is -2.53. The summed E-state index contributed by atoms with van der Waals surface area (Å²) < 4.78 is 10.6. The topological polar surface area (TPSA) is 62.6 Å². The Morgan fingerprint density at radius 1 is 1.09 bits per heavy atom. The van der Waals surface area contributed by atoms with E-state index in [2.05, 4.69) is 10.1 Å². The Bertz CT molecular complexity index is 719. The van der Waals surface area contributed by atoms with Crippen molar-refractivity contribution in [3.8, 4) is 5.75 Å². The van der Waals surface area contributed by atoms with E-state index in [4.69, 9.17) is 8.94 Å². The van der Waals surface area contributed by atoms with E-state index in [9.17, 15) is 5.11 Å². The fourth-order valence-electron chi connectivity index (χ4n) is 2.40. The van der Waals surface area contributed by atoms with Gasteiger partial charge in [-0.15, -0.1) is 0 Å². The van der Waals surface area contributed by atoms with Crippen LogP contribution < -0.4 is 0 Å². The zero-order valence-corrected chi connectivity index (χ0v) is 12.4. The van der Waals surface area contributed by atoms with E-state index in [-0.39, 0.29) is 0 Å². The molecule has 114 valence electrons. The second-order valence-electron chi connectivity index (χ2n) is 5.28. The second-order valence-corrected chi connectivity index (χ2v) is 5.28. The number of nitrogens with zero attached hydrogens (tertiary/aromatic N) is 2. The van der Waals surface area contributed by atoms with Gasteiger partial charge in [0.2, 0.25) is 0 Å². The first-order valence-corrected chi connectivity index (χ1v) is 7.14. The monoisotopic (exact) mass is 298 g/mol. The largest absolute Gasteiger partial charge is 0.508 e. The van der Waals surface area contributed by atoms with Crippen molar-refractivity contribution >= 4 is 0 Å². The van der Waals surface area contributed by atoms with E-state index in [1.807, 2.05) is 43.3 Å². The minimum atomic E-state index is 0.295. The van der Waals surface area contributed by atoms with Gasteiger partial charge in [-0.05, 0) is 25.1 Å². The van der Waals surface area contributed by atoms with Crippen LogP contribution in [0.1, 0.15) is 22.8 Å². The summed E-state index contributed by atoms with van der Waals surface area (Å²) >= 11 is 0.